The number of nitrogens with one attached hydrogen (secondary N) is 2. The van der Waals surface area contributed by atoms with Gasteiger partial charge in [-0.1, -0.05) is 35.4 Å². The Morgan fingerprint density at radius 1 is 1.19 bits per heavy atom. The van der Waals surface area contributed by atoms with Gasteiger partial charge in [0.25, 0.3) is 0 Å². The van der Waals surface area contributed by atoms with Crippen molar-refractivity contribution in [2.75, 3.05) is 40.2 Å². The highest BCUT2D eigenvalue weighted by atomic mass is 35.5. The van der Waals surface area contributed by atoms with E-state index in [9.17, 15) is 29.4 Å². The van der Waals surface area contributed by atoms with Crippen LogP contribution in [0.1, 0.15) is 64.6 Å². The molecule has 2 aromatic heterocycles. The smallest absolute Gasteiger partial charge is 0.409 e. The summed E-state index contributed by atoms with van der Waals surface area (Å²) in [7, 11) is 8.29. The number of amides is 3. The van der Waals surface area contributed by atoms with Crippen molar-refractivity contribution in [3.63, 3.8) is 0 Å². The maximum atomic E-state index is 14.3. The molecule has 7 rings (SSSR count). The van der Waals surface area contributed by atoms with Crippen LogP contribution in [0.25, 0.3) is 11.0 Å². The van der Waals surface area contributed by atoms with Gasteiger partial charge in [-0.3, -0.25) is 20.3 Å². The number of rotatable bonds is 10. The van der Waals surface area contributed by atoms with Gasteiger partial charge >= 0.3 is 12.1 Å². The van der Waals surface area contributed by atoms with Crippen LogP contribution in [0, 0.1) is 0 Å². The third kappa shape index (κ3) is 9.62. The number of ether oxygens (including phenoxy) is 4. The lowest BCUT2D eigenvalue weighted by Gasteiger charge is -2.59. The minimum atomic E-state index is -2.11. The van der Waals surface area contributed by atoms with E-state index < -0.39 is 59.3 Å². The highest BCUT2D eigenvalue weighted by molar-refractivity contribution is 6.35. The number of hydrogen-bond donors (Lipinski definition) is 4. The molecular weight excluding hydrogens is 822 g/mol. The number of hydrazine groups is 1. The molecule has 0 spiro atoms. The van der Waals surface area contributed by atoms with Crippen molar-refractivity contribution in [2.45, 2.75) is 114 Å². The van der Waals surface area contributed by atoms with Crippen LogP contribution in [0.5, 0.6) is 5.75 Å². The average Bonchev–Trinajstić information content (AvgIpc) is 3.56. The molecule has 0 unspecified atom stereocenters. The van der Waals surface area contributed by atoms with Crippen LogP contribution in [0.15, 0.2) is 60.3 Å². The van der Waals surface area contributed by atoms with Gasteiger partial charge in [0.15, 0.2) is 5.72 Å². The van der Waals surface area contributed by atoms with Crippen molar-refractivity contribution in [1.29, 1.82) is 0 Å². The van der Waals surface area contributed by atoms with E-state index in [2.05, 4.69) is 15.7 Å². The molecule has 3 amide bonds. The molecule has 0 radical (unpaired) electrons. The quantitative estimate of drug-likeness (QED) is 0.169. The number of fused-ring (bicyclic) bond motifs is 7. The largest absolute Gasteiger partial charge is 0.495 e. The Balaban J connectivity index is 1.27. The van der Waals surface area contributed by atoms with E-state index in [1.165, 1.54) is 30.0 Å². The lowest BCUT2D eigenvalue weighted by Crippen LogP contribution is -2.72. The predicted molar refractivity (Wildman–Crippen MR) is 231 cm³/mol. The number of esters is 1. The zero-order valence-corrected chi connectivity index (χ0v) is 37.5. The predicted octanol–water partition coefficient (Wildman–Crippen LogP) is 4.01. The summed E-state index contributed by atoms with van der Waals surface area (Å²) in [5.74, 6) is -1.22. The molecule has 1 aromatic carbocycles. The first-order valence-electron chi connectivity index (χ1n) is 20.5. The Labute approximate surface area is 366 Å². The monoisotopic (exact) mass is 879 g/mol. The number of allylic oxidation sites excluding steroid dienone is 3. The van der Waals surface area contributed by atoms with Crippen LogP contribution in [-0.2, 0) is 48.1 Å². The van der Waals surface area contributed by atoms with Gasteiger partial charge in [-0.15, -0.1) is 0 Å². The van der Waals surface area contributed by atoms with Crippen molar-refractivity contribution in [2.24, 2.45) is 0 Å². The molecule has 0 aliphatic carbocycles. The Morgan fingerprint density at radius 2 is 1.92 bits per heavy atom. The fourth-order valence-corrected chi connectivity index (χ4v) is 8.79. The molecule has 2 saturated heterocycles. The zero-order chi connectivity index (χ0) is 45.3. The second-order valence-corrected chi connectivity index (χ2v) is 17.4. The Kier molecular flexibility index (Phi) is 13.8. The van der Waals surface area contributed by atoms with Crippen molar-refractivity contribution >= 4 is 52.2 Å². The maximum absolute atomic E-state index is 14.3. The van der Waals surface area contributed by atoms with E-state index in [1.54, 1.807) is 58.3 Å². The maximum Gasteiger partial charge on any atom is 0.409 e. The van der Waals surface area contributed by atoms with Crippen molar-refractivity contribution in [1.82, 2.24) is 30.2 Å². The van der Waals surface area contributed by atoms with Crippen LogP contribution in [0.3, 0.4) is 0 Å². The topological polar surface area (TPSA) is 197 Å². The lowest BCUT2D eigenvalue weighted by molar-refractivity contribution is -0.328. The van der Waals surface area contributed by atoms with Crippen LogP contribution in [-0.4, -0.2) is 130 Å². The van der Waals surface area contributed by atoms with Crippen LogP contribution in [0.4, 0.5) is 10.5 Å². The lowest BCUT2D eigenvalue weighted by atomic mass is 9.72. The Bertz CT molecular complexity index is 2260. The number of anilines is 1. The normalized spacial score (nSPS) is 28.6. The van der Waals surface area contributed by atoms with Crippen molar-refractivity contribution in [3.05, 3.63) is 76.6 Å². The van der Waals surface area contributed by atoms with Crippen molar-refractivity contribution < 1.29 is 48.3 Å². The van der Waals surface area contributed by atoms with Gasteiger partial charge in [0.05, 0.1) is 25.8 Å². The minimum absolute atomic E-state index is 0.0566. The summed E-state index contributed by atoms with van der Waals surface area (Å²) >= 11 is 6.79. The van der Waals surface area contributed by atoms with Crippen LogP contribution >= 0.6 is 11.6 Å². The summed E-state index contributed by atoms with van der Waals surface area (Å²) in [6.07, 6.45) is 1.62. The summed E-state index contributed by atoms with van der Waals surface area (Å²) in [6.45, 7) is 7.64. The first kappa shape index (κ1) is 46.5. The summed E-state index contributed by atoms with van der Waals surface area (Å²) in [4.78, 5) is 62.2. The average molecular weight is 880 g/mol. The van der Waals surface area contributed by atoms with Gasteiger partial charge in [0.2, 0.25) is 11.8 Å². The number of methoxy groups -OCH3 is 1. The first-order valence-corrected chi connectivity index (χ1v) is 20.9. The number of aromatic nitrogens is 2. The van der Waals surface area contributed by atoms with Gasteiger partial charge in [-0.05, 0) is 77.1 Å². The highest BCUT2D eigenvalue weighted by Gasteiger charge is 2.63. The summed E-state index contributed by atoms with van der Waals surface area (Å²) in [6, 6.07) is 8.31. The molecule has 2 fully saturated rings. The van der Waals surface area contributed by atoms with Gasteiger partial charge in [0.1, 0.15) is 52.0 Å². The van der Waals surface area contributed by atoms with Crippen LogP contribution < -0.4 is 20.4 Å². The molecule has 18 heteroatoms. The number of aliphatic hydroxyl groups is 2. The molecule has 0 saturated carbocycles. The number of benzene rings is 1. The third-order valence-corrected chi connectivity index (χ3v) is 12.7. The SMILES string of the molecule is CNN(C)Cc1cc2cccnc2n1CCC(=O)N(C)[C@@H](C)C(=O)O[C@H]1CC(=O)N(C)c2cc(cc(OC)c2Cl)C/C(C)=C/C=C/[C@@H](O)[C@@]2(O)C[C@H](OC(=O)N2)[C@@]2(C)C[C@@]1(C)O2. The number of hydrogen-bond acceptors (Lipinski definition) is 13. The number of carbonyl (C=O) groups is 4. The molecule has 4 aliphatic heterocycles. The number of aliphatic hydroxyl groups excluding tert-OH is 1. The van der Waals surface area contributed by atoms with Gasteiger partial charge in [0, 0.05) is 64.2 Å². The highest BCUT2D eigenvalue weighted by Crippen LogP contribution is 2.50. The van der Waals surface area contributed by atoms with E-state index in [0.717, 1.165) is 27.9 Å². The standard InChI is InChI=1S/C44H58ClN7O10/c1-26-12-10-14-33(53)44(58)23-35(61-41(57)48-44)43(4)25-42(3,62-43)34(22-37(55)51(8)31-19-28(18-26)20-32(59-9)38(31)45)60-40(56)27(2)50(7)36(54)15-17-52-30(24-49(6)46-5)21-29-13-11-16-47-39(29)52/h10-14,16,19-21,27,33-35,46,53,58H,15,17-18,22-25H2,1-9H3,(H,48,57)/b14-10+,26-12+/t27-,33+,34-,35-,42+,43+,44-/m0/s1. The van der Waals surface area contributed by atoms with E-state index in [0.29, 0.717) is 30.9 Å². The summed E-state index contributed by atoms with van der Waals surface area (Å²) in [5.41, 5.74) is 2.10. The number of nitrogens with zero attached hydrogens (tertiary/aromatic N) is 5. The second kappa shape index (κ2) is 18.4. The Morgan fingerprint density at radius 3 is 2.61 bits per heavy atom. The van der Waals surface area contributed by atoms with Gasteiger partial charge in [-0.25, -0.2) is 19.6 Å². The molecule has 4 N–H and O–H groups in total. The molecule has 7 atom stereocenters. The molecule has 6 heterocycles. The molecule has 62 heavy (non-hydrogen) atoms. The molecule has 4 aliphatic rings. The third-order valence-electron chi connectivity index (χ3n) is 12.3. The first-order chi connectivity index (χ1) is 29.2. The zero-order valence-electron chi connectivity index (χ0n) is 36.7. The Hall–Kier alpha value is -5.04. The molecular formula is C44H58ClN7O10. The summed E-state index contributed by atoms with van der Waals surface area (Å²) < 4.78 is 25.9. The minimum Gasteiger partial charge on any atom is -0.495 e. The van der Waals surface area contributed by atoms with Crippen molar-refractivity contribution in [3.8, 4) is 5.75 Å². The van der Waals surface area contributed by atoms with Gasteiger partial charge < -0.3 is 43.5 Å². The fraction of sp³-hybridized carbons (Fsp3) is 0.523. The van der Waals surface area contributed by atoms with E-state index in [1.807, 2.05) is 48.8 Å². The number of halogens is 1. The molecule has 17 nitrogen and oxygen atoms in total. The molecule has 336 valence electrons. The van der Waals surface area contributed by atoms with Crippen LogP contribution in [0.2, 0.25) is 5.02 Å². The number of likely N-dealkylation sites (N-methyl/N-ethyl adjacent to an activating group) is 1. The second-order valence-electron chi connectivity index (χ2n) is 17.0. The molecule has 3 aromatic rings. The van der Waals surface area contributed by atoms with E-state index >= 15 is 0 Å². The fourth-order valence-electron chi connectivity index (χ4n) is 8.48. The van der Waals surface area contributed by atoms with E-state index in [-0.39, 0.29) is 36.6 Å². The summed E-state index contributed by atoms with van der Waals surface area (Å²) in [5, 5.41) is 28.1. The molecule has 6 bridgehead atoms. The number of aryl methyl sites for hydroxylation is 1. The number of pyridine rings is 1. The van der Waals surface area contributed by atoms with E-state index in [4.69, 9.17) is 30.5 Å². The number of carbonyl (C=O) groups excluding carboxylic acids is 4. The van der Waals surface area contributed by atoms with Gasteiger partial charge in [-0.2, -0.15) is 0 Å². The number of alkyl carbamates (subject to hydrolysis) is 1.